The molecule has 0 aromatic carbocycles. The summed E-state index contributed by atoms with van der Waals surface area (Å²) in [5.74, 6) is 0.721. The normalized spacial score (nSPS) is 16.4. The Labute approximate surface area is 82.5 Å². The lowest BCUT2D eigenvalue weighted by Gasteiger charge is -2.10. The smallest absolute Gasteiger partial charge is 0.201 e. The van der Waals surface area contributed by atoms with Gasteiger partial charge >= 0.3 is 0 Å². The summed E-state index contributed by atoms with van der Waals surface area (Å²) in [5, 5.41) is 15.4. The lowest BCUT2D eigenvalue weighted by Crippen LogP contribution is -2.22. The van der Waals surface area contributed by atoms with Crippen LogP contribution in [-0.2, 0) is 6.54 Å². The van der Waals surface area contributed by atoms with Gasteiger partial charge in [0.2, 0.25) is 5.82 Å². The van der Waals surface area contributed by atoms with Crippen LogP contribution in [0.1, 0.15) is 12.2 Å². The van der Waals surface area contributed by atoms with Crippen LogP contribution in [0.15, 0.2) is 18.7 Å². The first-order chi connectivity index (χ1) is 6.90. The Hall–Kier alpha value is -1.49. The molecule has 1 aliphatic rings. The number of nitrogens with one attached hydrogen (secondary N) is 1. The molecule has 0 spiro atoms. The van der Waals surface area contributed by atoms with Crippen molar-refractivity contribution in [1.29, 1.82) is 0 Å². The molecule has 0 saturated carbocycles. The van der Waals surface area contributed by atoms with Crippen LogP contribution in [0.4, 0.5) is 0 Å². The first kappa shape index (κ1) is 9.08. The van der Waals surface area contributed by atoms with Gasteiger partial charge in [-0.05, 0) is 18.2 Å². The second-order valence-corrected chi connectivity index (χ2v) is 3.15. The summed E-state index contributed by atoms with van der Waals surface area (Å²) >= 11 is 0. The van der Waals surface area contributed by atoms with Crippen LogP contribution >= 0.6 is 0 Å². The highest BCUT2D eigenvalue weighted by Crippen LogP contribution is 2.10. The number of rotatable bonds is 3. The Balaban J connectivity index is 2.15. The zero-order chi connectivity index (χ0) is 9.80. The molecule has 1 aliphatic heterocycles. The maximum Gasteiger partial charge on any atom is 0.201 e. The van der Waals surface area contributed by atoms with Gasteiger partial charge in [0, 0.05) is 12.1 Å². The maximum absolute atomic E-state index is 4.24. The van der Waals surface area contributed by atoms with Crippen LogP contribution in [-0.4, -0.2) is 33.3 Å². The molecule has 0 saturated heterocycles. The van der Waals surface area contributed by atoms with Crippen molar-refractivity contribution in [2.45, 2.75) is 13.0 Å². The predicted octanol–water partition coefficient (Wildman–Crippen LogP) is 0.236. The second-order valence-electron chi connectivity index (χ2n) is 3.15. The molecule has 0 aliphatic carbocycles. The summed E-state index contributed by atoms with van der Waals surface area (Å²) in [5.41, 5.74) is 1.13. The Bertz CT molecular complexity index is 352. The molecular weight excluding hydrogens is 178 g/mol. The molecule has 0 radical (unpaired) electrons. The standard InChI is InChI=1S/C9H13N5/c1-2-6-14-12-9(11-13-14)8-4-3-5-10-7-8/h2,4,10H,1,3,5-7H2. The first-order valence-corrected chi connectivity index (χ1v) is 4.69. The van der Waals surface area contributed by atoms with Crippen LogP contribution < -0.4 is 5.32 Å². The summed E-state index contributed by atoms with van der Waals surface area (Å²) in [4.78, 5) is 1.54. The molecule has 0 bridgehead atoms. The number of aromatic nitrogens is 4. The van der Waals surface area contributed by atoms with Crippen molar-refractivity contribution < 1.29 is 0 Å². The lowest BCUT2D eigenvalue weighted by atomic mass is 10.1. The van der Waals surface area contributed by atoms with E-state index in [1.165, 1.54) is 4.80 Å². The van der Waals surface area contributed by atoms with Crippen LogP contribution in [0.25, 0.3) is 5.57 Å². The molecule has 0 unspecified atom stereocenters. The predicted molar refractivity (Wildman–Crippen MR) is 53.5 cm³/mol. The van der Waals surface area contributed by atoms with E-state index in [9.17, 15) is 0 Å². The molecule has 2 heterocycles. The van der Waals surface area contributed by atoms with Gasteiger partial charge in [-0.1, -0.05) is 12.2 Å². The quantitative estimate of drug-likeness (QED) is 0.695. The van der Waals surface area contributed by atoms with Crippen molar-refractivity contribution >= 4 is 5.57 Å². The van der Waals surface area contributed by atoms with Gasteiger partial charge < -0.3 is 5.32 Å². The third-order valence-electron chi connectivity index (χ3n) is 2.06. The van der Waals surface area contributed by atoms with Crippen LogP contribution in [0, 0.1) is 0 Å². The van der Waals surface area contributed by atoms with Crippen LogP contribution in [0.5, 0.6) is 0 Å². The van der Waals surface area contributed by atoms with E-state index >= 15 is 0 Å². The number of hydrogen-bond acceptors (Lipinski definition) is 4. The molecule has 0 atom stereocenters. The van der Waals surface area contributed by atoms with E-state index in [0.29, 0.717) is 6.54 Å². The summed E-state index contributed by atoms with van der Waals surface area (Å²) in [7, 11) is 0. The van der Waals surface area contributed by atoms with E-state index in [1.807, 2.05) is 0 Å². The third kappa shape index (κ3) is 1.88. The average Bonchev–Trinajstić information content (AvgIpc) is 2.68. The van der Waals surface area contributed by atoms with E-state index in [0.717, 1.165) is 30.9 Å². The van der Waals surface area contributed by atoms with Crippen molar-refractivity contribution in [2.24, 2.45) is 0 Å². The van der Waals surface area contributed by atoms with Gasteiger partial charge in [-0.3, -0.25) is 0 Å². The highest BCUT2D eigenvalue weighted by atomic mass is 15.6. The van der Waals surface area contributed by atoms with Gasteiger partial charge in [0.15, 0.2) is 0 Å². The van der Waals surface area contributed by atoms with E-state index in [-0.39, 0.29) is 0 Å². The summed E-state index contributed by atoms with van der Waals surface area (Å²) < 4.78 is 0. The van der Waals surface area contributed by atoms with Gasteiger partial charge in [0.05, 0.1) is 6.54 Å². The molecule has 74 valence electrons. The van der Waals surface area contributed by atoms with Crippen molar-refractivity contribution in [3.05, 3.63) is 24.6 Å². The van der Waals surface area contributed by atoms with Gasteiger partial charge in [-0.25, -0.2) is 0 Å². The average molecular weight is 191 g/mol. The number of nitrogens with zero attached hydrogens (tertiary/aromatic N) is 4. The molecule has 5 heteroatoms. The van der Waals surface area contributed by atoms with Gasteiger partial charge in [-0.15, -0.1) is 16.8 Å². The number of allylic oxidation sites excluding steroid dienone is 1. The van der Waals surface area contributed by atoms with E-state index in [1.54, 1.807) is 6.08 Å². The summed E-state index contributed by atoms with van der Waals surface area (Å²) in [6, 6.07) is 0. The highest BCUT2D eigenvalue weighted by molar-refractivity contribution is 5.61. The lowest BCUT2D eigenvalue weighted by molar-refractivity contribution is 0.582. The molecule has 1 aromatic rings. The largest absolute Gasteiger partial charge is 0.312 e. The number of hydrogen-bond donors (Lipinski definition) is 1. The fraction of sp³-hybridized carbons (Fsp3) is 0.444. The van der Waals surface area contributed by atoms with Gasteiger partial charge in [0.25, 0.3) is 0 Å². The Kier molecular flexibility index (Phi) is 2.69. The maximum atomic E-state index is 4.24. The summed E-state index contributed by atoms with van der Waals surface area (Å²) in [6.07, 6.45) is 4.94. The van der Waals surface area contributed by atoms with Crippen LogP contribution in [0.3, 0.4) is 0 Å². The highest BCUT2D eigenvalue weighted by Gasteiger charge is 2.10. The van der Waals surface area contributed by atoms with Crippen molar-refractivity contribution in [2.75, 3.05) is 13.1 Å². The Morgan fingerprint density at radius 1 is 1.64 bits per heavy atom. The first-order valence-electron chi connectivity index (χ1n) is 4.69. The minimum atomic E-state index is 0.605. The molecule has 5 nitrogen and oxygen atoms in total. The van der Waals surface area contributed by atoms with Crippen molar-refractivity contribution in [1.82, 2.24) is 25.5 Å². The number of tetrazole rings is 1. The van der Waals surface area contributed by atoms with Crippen molar-refractivity contribution in [3.8, 4) is 0 Å². The Morgan fingerprint density at radius 3 is 3.29 bits per heavy atom. The Morgan fingerprint density at radius 2 is 2.57 bits per heavy atom. The fourth-order valence-corrected chi connectivity index (χ4v) is 1.38. The molecule has 2 rings (SSSR count). The minimum Gasteiger partial charge on any atom is -0.312 e. The molecular formula is C9H13N5. The zero-order valence-corrected chi connectivity index (χ0v) is 7.98. The second kappa shape index (κ2) is 4.15. The molecule has 1 N–H and O–H groups in total. The fourth-order valence-electron chi connectivity index (χ4n) is 1.38. The molecule has 1 aromatic heterocycles. The van der Waals surface area contributed by atoms with Crippen molar-refractivity contribution in [3.63, 3.8) is 0 Å². The minimum absolute atomic E-state index is 0.605. The van der Waals surface area contributed by atoms with E-state index in [2.05, 4.69) is 33.4 Å². The van der Waals surface area contributed by atoms with Gasteiger partial charge in [-0.2, -0.15) is 4.80 Å². The van der Waals surface area contributed by atoms with E-state index in [4.69, 9.17) is 0 Å². The van der Waals surface area contributed by atoms with Crippen LogP contribution in [0.2, 0.25) is 0 Å². The third-order valence-corrected chi connectivity index (χ3v) is 2.06. The zero-order valence-electron chi connectivity index (χ0n) is 7.98. The molecule has 14 heavy (non-hydrogen) atoms. The topological polar surface area (TPSA) is 55.6 Å². The molecule has 0 amide bonds. The van der Waals surface area contributed by atoms with E-state index < -0.39 is 0 Å². The summed E-state index contributed by atoms with van der Waals surface area (Å²) in [6.45, 7) is 6.09. The monoisotopic (exact) mass is 191 g/mol. The van der Waals surface area contributed by atoms with Gasteiger partial charge in [0.1, 0.15) is 0 Å². The SMILES string of the molecule is C=CCn1nnc(C2=CCCNC2)n1. The molecule has 0 fully saturated rings.